The largest absolute Gasteiger partial charge is 0.493 e. The van der Waals surface area contributed by atoms with Crippen molar-refractivity contribution in [2.75, 3.05) is 39.8 Å². The third-order valence-electron chi connectivity index (χ3n) is 6.49. The van der Waals surface area contributed by atoms with Gasteiger partial charge in [0.1, 0.15) is 18.0 Å². The Balaban J connectivity index is 1.25. The molecule has 0 aromatic heterocycles. The highest BCUT2D eigenvalue weighted by molar-refractivity contribution is 5.78. The van der Waals surface area contributed by atoms with Crippen LogP contribution in [0.2, 0.25) is 0 Å². The minimum atomic E-state index is -0.814. The molecular weight excluding hydrogens is 411 g/mol. The smallest absolute Gasteiger partial charge is 0.236 e. The molecule has 7 heteroatoms. The second-order valence-corrected chi connectivity index (χ2v) is 8.61. The zero-order chi connectivity index (χ0) is 22.5. The highest BCUT2D eigenvalue weighted by atomic mass is 19.1. The third kappa shape index (κ3) is 5.40. The number of hydrogen-bond donors (Lipinski definition) is 1. The number of methoxy groups -OCH3 is 1. The number of aliphatic hydroxyl groups is 1. The summed E-state index contributed by atoms with van der Waals surface area (Å²) in [5.74, 6) is 0.859. The normalized spacial score (nSPS) is 22.5. The van der Waals surface area contributed by atoms with Crippen LogP contribution >= 0.6 is 0 Å². The van der Waals surface area contributed by atoms with Gasteiger partial charge in [0.05, 0.1) is 20.2 Å². The number of carbonyl (C=O) groups is 1. The minimum absolute atomic E-state index is 0.0417. The lowest BCUT2D eigenvalue weighted by Crippen LogP contribution is -2.53. The van der Waals surface area contributed by atoms with E-state index in [1.54, 1.807) is 4.90 Å². The summed E-state index contributed by atoms with van der Waals surface area (Å²) in [4.78, 5) is 16.8. The van der Waals surface area contributed by atoms with Gasteiger partial charge in [-0.1, -0.05) is 30.3 Å². The fraction of sp³-hybridized carbons (Fsp3) is 0.480. The molecule has 32 heavy (non-hydrogen) atoms. The van der Waals surface area contributed by atoms with Crippen molar-refractivity contribution in [3.8, 4) is 11.5 Å². The molecule has 1 N–H and O–H groups in total. The summed E-state index contributed by atoms with van der Waals surface area (Å²) >= 11 is 0. The average Bonchev–Trinajstić information content (AvgIpc) is 2.82. The van der Waals surface area contributed by atoms with Crippen molar-refractivity contribution in [3.05, 3.63) is 59.9 Å². The summed E-state index contributed by atoms with van der Waals surface area (Å²) in [6.45, 7) is 2.93. The quantitative estimate of drug-likeness (QED) is 0.745. The number of rotatable bonds is 6. The number of β-amino-alcohol motifs (C(OH)–C–C–N with tert-alkyl or cyclic N) is 1. The summed E-state index contributed by atoms with van der Waals surface area (Å²) in [6.07, 6.45) is 1.32. The molecule has 2 aliphatic heterocycles. The Morgan fingerprint density at radius 3 is 2.50 bits per heavy atom. The molecule has 2 atom stereocenters. The first kappa shape index (κ1) is 22.6. The van der Waals surface area contributed by atoms with Gasteiger partial charge >= 0.3 is 0 Å². The van der Waals surface area contributed by atoms with E-state index in [2.05, 4.69) is 29.2 Å². The van der Waals surface area contributed by atoms with E-state index in [4.69, 9.17) is 9.47 Å². The van der Waals surface area contributed by atoms with Gasteiger partial charge in [0.25, 0.3) is 0 Å². The Bertz CT molecular complexity index is 902. The second kappa shape index (κ2) is 10.3. The Morgan fingerprint density at radius 2 is 1.81 bits per heavy atom. The molecule has 2 fully saturated rings. The number of aliphatic hydroxyl groups excluding tert-OH is 1. The molecule has 2 aromatic rings. The number of benzene rings is 2. The highest BCUT2D eigenvalue weighted by Gasteiger charge is 2.33. The fourth-order valence-corrected chi connectivity index (χ4v) is 4.62. The van der Waals surface area contributed by atoms with Crippen LogP contribution in [0.15, 0.2) is 48.5 Å². The Hall–Kier alpha value is -2.64. The summed E-state index contributed by atoms with van der Waals surface area (Å²) in [6, 6.07) is 14.6. The molecule has 0 aliphatic carbocycles. The van der Waals surface area contributed by atoms with Crippen LogP contribution in [0.25, 0.3) is 0 Å². The van der Waals surface area contributed by atoms with Crippen LogP contribution in [0, 0.1) is 5.82 Å². The summed E-state index contributed by atoms with van der Waals surface area (Å²) in [5, 5.41) is 10.6. The van der Waals surface area contributed by atoms with E-state index in [-0.39, 0.29) is 18.2 Å². The first-order valence-electron chi connectivity index (χ1n) is 11.3. The Labute approximate surface area is 188 Å². The lowest BCUT2D eigenvalue weighted by Gasteiger charge is -2.38. The van der Waals surface area contributed by atoms with E-state index in [0.717, 1.165) is 25.9 Å². The van der Waals surface area contributed by atoms with Crippen molar-refractivity contribution >= 4 is 5.91 Å². The number of nitrogens with zero attached hydrogens (tertiary/aromatic N) is 2. The third-order valence-corrected chi connectivity index (χ3v) is 6.49. The van der Waals surface area contributed by atoms with Crippen molar-refractivity contribution < 1.29 is 23.8 Å². The van der Waals surface area contributed by atoms with Gasteiger partial charge in [0.15, 0.2) is 11.5 Å². The molecule has 2 aromatic carbocycles. The molecule has 4 rings (SSSR count). The number of ether oxygens (including phenoxy) is 2. The van der Waals surface area contributed by atoms with Gasteiger partial charge < -0.3 is 19.5 Å². The zero-order valence-electron chi connectivity index (χ0n) is 18.5. The van der Waals surface area contributed by atoms with Gasteiger partial charge in [0.2, 0.25) is 5.91 Å². The highest BCUT2D eigenvalue weighted by Crippen LogP contribution is 2.31. The van der Waals surface area contributed by atoms with Gasteiger partial charge in [0, 0.05) is 19.0 Å². The van der Waals surface area contributed by atoms with Gasteiger partial charge in [-0.25, -0.2) is 4.39 Å². The second-order valence-electron chi connectivity index (χ2n) is 8.61. The molecule has 2 aliphatic rings. The van der Waals surface area contributed by atoms with Crippen LogP contribution in [0.4, 0.5) is 4.39 Å². The SMILES string of the molecule is COc1cc(F)ccc1O[C@@H]1CCN(C(=O)CN2CCC(c3ccccc3)CC2)C[C@H]1O. The maximum absolute atomic E-state index is 13.4. The van der Waals surface area contributed by atoms with Crippen LogP contribution in [0.5, 0.6) is 11.5 Å². The number of piperidine rings is 2. The van der Waals surface area contributed by atoms with Crippen molar-refractivity contribution in [1.82, 2.24) is 9.80 Å². The fourth-order valence-electron chi connectivity index (χ4n) is 4.62. The number of carbonyl (C=O) groups excluding carboxylic acids is 1. The first-order chi connectivity index (χ1) is 15.5. The van der Waals surface area contributed by atoms with Crippen molar-refractivity contribution in [2.24, 2.45) is 0 Å². The molecule has 1 amide bonds. The predicted molar refractivity (Wildman–Crippen MR) is 119 cm³/mol. The number of halogens is 1. The van der Waals surface area contributed by atoms with Gasteiger partial charge in [-0.2, -0.15) is 0 Å². The molecular formula is C25H31FN2O4. The van der Waals surface area contributed by atoms with E-state index in [1.807, 2.05) is 6.07 Å². The molecule has 0 radical (unpaired) electrons. The standard InChI is InChI=1S/C25H31FN2O4/c1-31-24-15-20(26)7-8-23(24)32-22-11-14-28(16-21(22)29)25(30)17-27-12-9-19(10-13-27)18-5-3-2-4-6-18/h2-8,15,19,21-22,29H,9-14,16-17H2,1H3/t21-,22-/m1/s1. The Kier molecular flexibility index (Phi) is 7.27. The topological polar surface area (TPSA) is 62.2 Å². The van der Waals surface area contributed by atoms with E-state index in [0.29, 0.717) is 31.2 Å². The van der Waals surface area contributed by atoms with E-state index in [9.17, 15) is 14.3 Å². The molecule has 0 spiro atoms. The minimum Gasteiger partial charge on any atom is -0.493 e. The number of likely N-dealkylation sites (tertiary alicyclic amines) is 2. The average molecular weight is 443 g/mol. The van der Waals surface area contributed by atoms with Crippen molar-refractivity contribution in [1.29, 1.82) is 0 Å². The lowest BCUT2D eigenvalue weighted by atomic mass is 9.89. The van der Waals surface area contributed by atoms with Crippen molar-refractivity contribution in [2.45, 2.75) is 37.4 Å². The van der Waals surface area contributed by atoms with Crippen LogP contribution < -0.4 is 9.47 Å². The summed E-state index contributed by atoms with van der Waals surface area (Å²) in [5.41, 5.74) is 1.38. The van der Waals surface area contributed by atoms with E-state index >= 15 is 0 Å². The molecule has 2 saturated heterocycles. The monoisotopic (exact) mass is 442 g/mol. The maximum Gasteiger partial charge on any atom is 0.236 e. The van der Waals surface area contributed by atoms with Crippen molar-refractivity contribution in [3.63, 3.8) is 0 Å². The molecule has 0 unspecified atom stereocenters. The van der Waals surface area contributed by atoms with Crippen LogP contribution in [-0.2, 0) is 4.79 Å². The van der Waals surface area contributed by atoms with Gasteiger partial charge in [-0.3, -0.25) is 9.69 Å². The molecule has 0 saturated carbocycles. The number of amides is 1. The summed E-state index contributed by atoms with van der Waals surface area (Å²) < 4.78 is 24.4. The molecule has 2 heterocycles. The van der Waals surface area contributed by atoms with Gasteiger partial charge in [-0.05, 0) is 49.5 Å². The van der Waals surface area contributed by atoms with Crippen LogP contribution in [0.3, 0.4) is 0 Å². The maximum atomic E-state index is 13.4. The van der Waals surface area contributed by atoms with Crippen LogP contribution in [-0.4, -0.2) is 72.9 Å². The molecule has 6 nitrogen and oxygen atoms in total. The molecule has 172 valence electrons. The number of hydrogen-bond acceptors (Lipinski definition) is 5. The Morgan fingerprint density at radius 1 is 1.06 bits per heavy atom. The van der Waals surface area contributed by atoms with E-state index < -0.39 is 18.0 Å². The molecule has 0 bridgehead atoms. The predicted octanol–water partition coefficient (Wildman–Crippen LogP) is 3.05. The lowest BCUT2D eigenvalue weighted by molar-refractivity contribution is -0.138. The zero-order valence-corrected chi connectivity index (χ0v) is 18.5. The first-order valence-corrected chi connectivity index (χ1v) is 11.3. The van der Waals surface area contributed by atoms with Crippen LogP contribution in [0.1, 0.15) is 30.7 Å². The van der Waals surface area contributed by atoms with E-state index in [1.165, 1.54) is 30.9 Å². The van der Waals surface area contributed by atoms with Gasteiger partial charge in [-0.15, -0.1) is 0 Å². The summed E-state index contributed by atoms with van der Waals surface area (Å²) in [7, 11) is 1.45.